The quantitative estimate of drug-likeness (QED) is 0.844. The van der Waals surface area contributed by atoms with Gasteiger partial charge >= 0.3 is 6.03 Å². The summed E-state index contributed by atoms with van der Waals surface area (Å²) in [5.41, 5.74) is 1.68. The van der Waals surface area contributed by atoms with Crippen LogP contribution in [0.1, 0.15) is 17.2 Å². The number of benzene rings is 2. The Balaban J connectivity index is 2.13. The predicted molar refractivity (Wildman–Crippen MR) is 81.8 cm³/mol. The largest absolute Gasteiger partial charge is 0.336 e. The lowest BCUT2D eigenvalue weighted by Gasteiger charge is -2.19. The first-order valence-electron chi connectivity index (χ1n) is 7.09. The second-order valence-electron chi connectivity index (χ2n) is 4.89. The van der Waals surface area contributed by atoms with Crippen LogP contribution < -0.4 is 10.6 Å². The first kappa shape index (κ1) is 15.9. The zero-order valence-electron chi connectivity index (χ0n) is 12.1. The highest BCUT2D eigenvalue weighted by Gasteiger charge is 2.15. The molecule has 1 atom stereocenters. The Labute approximate surface area is 128 Å². The molecule has 22 heavy (non-hydrogen) atoms. The standard InChI is InChI=1S/C17H18F2N2O/c18-9-10-20-17(22)21-16(14-6-2-1-3-7-14)12-13-5-4-8-15(19)11-13/h1-8,11,16H,9-10,12H2,(H2,20,21,22). The van der Waals surface area contributed by atoms with Gasteiger partial charge in [-0.3, -0.25) is 0 Å². The highest BCUT2D eigenvalue weighted by atomic mass is 19.1. The summed E-state index contributed by atoms with van der Waals surface area (Å²) in [4.78, 5) is 11.8. The lowest BCUT2D eigenvalue weighted by Crippen LogP contribution is -2.39. The molecule has 0 aliphatic heterocycles. The fraction of sp³-hybridized carbons (Fsp3) is 0.235. The van der Waals surface area contributed by atoms with Crippen molar-refractivity contribution in [3.05, 3.63) is 71.5 Å². The second kappa shape index (κ2) is 8.12. The summed E-state index contributed by atoms with van der Waals surface area (Å²) in [5.74, 6) is -0.314. The van der Waals surface area contributed by atoms with Crippen molar-refractivity contribution in [1.82, 2.24) is 10.6 Å². The molecule has 2 aromatic rings. The van der Waals surface area contributed by atoms with E-state index in [0.717, 1.165) is 11.1 Å². The smallest absolute Gasteiger partial charge is 0.315 e. The Morgan fingerprint density at radius 2 is 1.86 bits per heavy atom. The van der Waals surface area contributed by atoms with E-state index >= 15 is 0 Å². The van der Waals surface area contributed by atoms with E-state index in [1.54, 1.807) is 12.1 Å². The highest BCUT2D eigenvalue weighted by molar-refractivity contribution is 5.74. The number of amides is 2. The molecule has 116 valence electrons. The highest BCUT2D eigenvalue weighted by Crippen LogP contribution is 2.18. The molecule has 0 saturated heterocycles. The Morgan fingerprint density at radius 3 is 2.55 bits per heavy atom. The molecule has 0 bridgehead atoms. The fourth-order valence-corrected chi connectivity index (χ4v) is 2.21. The van der Waals surface area contributed by atoms with E-state index in [1.165, 1.54) is 12.1 Å². The molecule has 0 aromatic heterocycles. The van der Waals surface area contributed by atoms with E-state index in [4.69, 9.17) is 0 Å². The van der Waals surface area contributed by atoms with E-state index < -0.39 is 12.7 Å². The number of rotatable bonds is 6. The van der Waals surface area contributed by atoms with Gasteiger partial charge in [-0.1, -0.05) is 42.5 Å². The zero-order valence-corrected chi connectivity index (χ0v) is 12.1. The monoisotopic (exact) mass is 304 g/mol. The Bertz CT molecular complexity index is 605. The minimum atomic E-state index is -0.618. The molecule has 0 spiro atoms. The molecule has 5 heteroatoms. The van der Waals surface area contributed by atoms with Gasteiger partial charge in [-0.25, -0.2) is 13.6 Å². The van der Waals surface area contributed by atoms with E-state index in [0.29, 0.717) is 6.42 Å². The fourth-order valence-electron chi connectivity index (χ4n) is 2.21. The molecule has 0 fully saturated rings. The zero-order chi connectivity index (χ0) is 15.8. The number of nitrogens with one attached hydrogen (secondary N) is 2. The normalized spacial score (nSPS) is 11.7. The first-order chi connectivity index (χ1) is 10.7. The number of alkyl halides is 1. The Kier molecular flexibility index (Phi) is 5.89. The predicted octanol–water partition coefficient (Wildman–Crippen LogP) is 3.38. The molecule has 2 amide bonds. The molecule has 0 aliphatic carbocycles. The van der Waals surface area contributed by atoms with E-state index in [-0.39, 0.29) is 18.4 Å². The summed E-state index contributed by atoms with van der Waals surface area (Å²) >= 11 is 0. The maximum atomic E-state index is 13.3. The Morgan fingerprint density at radius 1 is 1.09 bits per heavy atom. The van der Waals surface area contributed by atoms with Gasteiger partial charge in [0, 0.05) is 6.54 Å². The molecule has 3 nitrogen and oxygen atoms in total. The summed E-state index contributed by atoms with van der Waals surface area (Å²) in [6.45, 7) is -0.652. The van der Waals surface area contributed by atoms with Crippen molar-refractivity contribution in [3.63, 3.8) is 0 Å². The molecule has 0 radical (unpaired) electrons. The van der Waals surface area contributed by atoms with Crippen molar-refractivity contribution in [1.29, 1.82) is 0 Å². The third-order valence-corrected chi connectivity index (χ3v) is 3.22. The van der Waals surface area contributed by atoms with Gasteiger partial charge in [0.15, 0.2) is 0 Å². The SMILES string of the molecule is O=C(NCCF)NC(Cc1cccc(F)c1)c1ccccc1. The maximum Gasteiger partial charge on any atom is 0.315 e. The molecule has 2 rings (SSSR count). The molecule has 0 saturated carbocycles. The number of carbonyl (C=O) groups excluding carboxylic acids is 1. The van der Waals surface area contributed by atoms with Gasteiger partial charge in [-0.2, -0.15) is 0 Å². The number of carbonyl (C=O) groups is 1. The van der Waals surface area contributed by atoms with Crippen molar-refractivity contribution in [2.75, 3.05) is 13.2 Å². The van der Waals surface area contributed by atoms with Crippen molar-refractivity contribution in [3.8, 4) is 0 Å². The Hall–Kier alpha value is -2.43. The topological polar surface area (TPSA) is 41.1 Å². The van der Waals surface area contributed by atoms with E-state index in [9.17, 15) is 13.6 Å². The molecule has 1 unspecified atom stereocenters. The third kappa shape index (κ3) is 4.84. The lowest BCUT2D eigenvalue weighted by atomic mass is 9.99. The van der Waals surface area contributed by atoms with Crippen molar-refractivity contribution < 1.29 is 13.6 Å². The minimum Gasteiger partial charge on any atom is -0.336 e. The van der Waals surface area contributed by atoms with Crippen LogP contribution in [0.4, 0.5) is 13.6 Å². The van der Waals surface area contributed by atoms with Crippen LogP contribution >= 0.6 is 0 Å². The molecule has 2 aromatic carbocycles. The van der Waals surface area contributed by atoms with E-state index in [1.807, 2.05) is 30.3 Å². The van der Waals surface area contributed by atoms with Gasteiger partial charge in [0.05, 0.1) is 6.04 Å². The summed E-state index contributed by atoms with van der Waals surface area (Å²) in [6.07, 6.45) is 0.449. The van der Waals surface area contributed by atoms with Crippen LogP contribution in [0.3, 0.4) is 0 Å². The van der Waals surface area contributed by atoms with Gasteiger partial charge < -0.3 is 10.6 Å². The first-order valence-corrected chi connectivity index (χ1v) is 7.09. The summed E-state index contributed by atoms with van der Waals surface area (Å²) in [7, 11) is 0. The van der Waals surface area contributed by atoms with Crippen LogP contribution in [-0.4, -0.2) is 19.3 Å². The number of hydrogen-bond acceptors (Lipinski definition) is 1. The number of halogens is 2. The molecule has 2 N–H and O–H groups in total. The average molecular weight is 304 g/mol. The van der Waals surface area contributed by atoms with Crippen molar-refractivity contribution >= 4 is 6.03 Å². The van der Waals surface area contributed by atoms with Crippen LogP contribution in [0.2, 0.25) is 0 Å². The van der Waals surface area contributed by atoms with Crippen LogP contribution in [0.15, 0.2) is 54.6 Å². The molecular weight excluding hydrogens is 286 g/mol. The molecule has 0 aliphatic rings. The number of urea groups is 1. The average Bonchev–Trinajstić information content (AvgIpc) is 2.53. The van der Waals surface area contributed by atoms with Crippen LogP contribution in [0.5, 0.6) is 0 Å². The van der Waals surface area contributed by atoms with Gasteiger partial charge in [0.1, 0.15) is 12.5 Å². The van der Waals surface area contributed by atoms with Gasteiger partial charge in [0.25, 0.3) is 0 Å². The maximum absolute atomic E-state index is 13.3. The van der Waals surface area contributed by atoms with Crippen molar-refractivity contribution in [2.45, 2.75) is 12.5 Å². The summed E-state index contributed by atoms with van der Waals surface area (Å²) < 4.78 is 25.4. The van der Waals surface area contributed by atoms with Crippen LogP contribution in [-0.2, 0) is 6.42 Å². The summed E-state index contributed by atoms with van der Waals surface area (Å²) in [6, 6.07) is 14.9. The van der Waals surface area contributed by atoms with Crippen molar-refractivity contribution in [2.24, 2.45) is 0 Å². The molecule has 0 heterocycles. The van der Waals surface area contributed by atoms with Gasteiger partial charge in [-0.05, 0) is 29.7 Å². The van der Waals surface area contributed by atoms with E-state index in [2.05, 4.69) is 10.6 Å². The minimum absolute atomic E-state index is 0.0344. The number of hydrogen-bond donors (Lipinski definition) is 2. The third-order valence-electron chi connectivity index (χ3n) is 3.22. The van der Waals surface area contributed by atoms with Gasteiger partial charge in [-0.15, -0.1) is 0 Å². The lowest BCUT2D eigenvalue weighted by molar-refractivity contribution is 0.236. The van der Waals surface area contributed by atoms with Crippen LogP contribution in [0.25, 0.3) is 0 Å². The summed E-state index contributed by atoms with van der Waals surface area (Å²) in [5, 5.41) is 5.23. The molecular formula is C17H18F2N2O. The van der Waals surface area contributed by atoms with Gasteiger partial charge in [0.2, 0.25) is 0 Å². The van der Waals surface area contributed by atoms with Crippen LogP contribution in [0, 0.1) is 5.82 Å². The second-order valence-corrected chi connectivity index (χ2v) is 4.89.